The molecule has 0 bridgehead atoms. The molecule has 0 saturated heterocycles. The third-order valence-corrected chi connectivity index (χ3v) is 4.76. The van der Waals surface area contributed by atoms with Gasteiger partial charge >= 0.3 is 0 Å². The summed E-state index contributed by atoms with van der Waals surface area (Å²) in [6, 6.07) is 5.58. The number of Topliss-reactive ketones (excluding diaryl/α,β-unsaturated/α-hetero) is 1. The summed E-state index contributed by atoms with van der Waals surface area (Å²) < 4.78 is 10.9. The Kier molecular flexibility index (Phi) is 4.11. The number of allylic oxidation sites excluding steroid dienone is 2. The molecule has 5 heteroatoms. The average Bonchev–Trinajstić information content (AvgIpc) is 2.51. The molecule has 1 unspecified atom stereocenters. The fourth-order valence-corrected chi connectivity index (χ4v) is 3.81. The summed E-state index contributed by atoms with van der Waals surface area (Å²) in [4.78, 5) is 25.1. The lowest BCUT2D eigenvalue weighted by molar-refractivity contribution is -0.122. The van der Waals surface area contributed by atoms with Gasteiger partial charge in [-0.25, -0.2) is 0 Å². The Morgan fingerprint density at radius 3 is 2.54 bits per heavy atom. The topological polar surface area (TPSA) is 64.6 Å². The Labute approximate surface area is 142 Å². The van der Waals surface area contributed by atoms with E-state index in [-0.39, 0.29) is 29.4 Å². The van der Waals surface area contributed by atoms with Gasteiger partial charge in [0.2, 0.25) is 5.91 Å². The summed E-state index contributed by atoms with van der Waals surface area (Å²) in [5.74, 6) is 0.948. The molecule has 3 rings (SSSR count). The maximum absolute atomic E-state index is 12.8. The molecule has 2 aliphatic rings. The van der Waals surface area contributed by atoms with Gasteiger partial charge < -0.3 is 14.8 Å². The van der Waals surface area contributed by atoms with Crippen LogP contribution in [0.5, 0.6) is 11.5 Å². The predicted octanol–water partition coefficient (Wildman–Crippen LogP) is 2.95. The molecule has 128 valence electrons. The second kappa shape index (κ2) is 5.96. The molecule has 1 heterocycles. The Balaban J connectivity index is 2.14. The second-order valence-electron chi connectivity index (χ2n) is 7.22. The number of ketones is 1. The summed E-state index contributed by atoms with van der Waals surface area (Å²) in [6.45, 7) is 4.10. The zero-order valence-corrected chi connectivity index (χ0v) is 14.6. The van der Waals surface area contributed by atoms with Crippen molar-refractivity contribution < 1.29 is 19.1 Å². The van der Waals surface area contributed by atoms with E-state index >= 15 is 0 Å². The van der Waals surface area contributed by atoms with Crippen LogP contribution in [-0.2, 0) is 9.59 Å². The third-order valence-electron chi connectivity index (χ3n) is 4.76. The van der Waals surface area contributed by atoms with Crippen LogP contribution in [0.2, 0.25) is 0 Å². The molecule has 1 atom stereocenters. The molecule has 0 spiro atoms. The molecule has 0 saturated carbocycles. The fourth-order valence-electron chi connectivity index (χ4n) is 3.81. The molecular formula is C19H23NO4. The van der Waals surface area contributed by atoms with E-state index < -0.39 is 0 Å². The Morgan fingerprint density at radius 1 is 1.12 bits per heavy atom. The first kappa shape index (κ1) is 16.6. The zero-order valence-electron chi connectivity index (χ0n) is 14.6. The van der Waals surface area contributed by atoms with Gasteiger partial charge in [-0.1, -0.05) is 26.0 Å². The fraction of sp³-hybridized carbons (Fsp3) is 0.474. The van der Waals surface area contributed by atoms with Gasteiger partial charge in [-0.3, -0.25) is 9.59 Å². The van der Waals surface area contributed by atoms with E-state index in [0.29, 0.717) is 24.3 Å². The Hall–Kier alpha value is -2.30. The van der Waals surface area contributed by atoms with E-state index in [1.54, 1.807) is 14.2 Å². The van der Waals surface area contributed by atoms with Gasteiger partial charge in [0.15, 0.2) is 17.3 Å². The van der Waals surface area contributed by atoms with E-state index in [2.05, 4.69) is 19.2 Å². The number of carbonyl (C=O) groups excluding carboxylic acids is 2. The maximum atomic E-state index is 12.8. The van der Waals surface area contributed by atoms with Crippen LogP contribution in [0.15, 0.2) is 29.5 Å². The standard InChI is InChI=1S/C19H23NO4/c1-19(2)9-13-17(14(21)10-19)12(8-16(22)20-13)11-6-5-7-15(23-3)18(11)24-4/h5-7,12H,8-10H2,1-4H3,(H,20,22). The van der Waals surface area contributed by atoms with Crippen molar-refractivity contribution >= 4 is 11.7 Å². The summed E-state index contributed by atoms with van der Waals surface area (Å²) in [7, 11) is 3.15. The normalized spacial score (nSPS) is 22.8. The van der Waals surface area contributed by atoms with Crippen molar-refractivity contribution in [3.63, 3.8) is 0 Å². The molecule has 1 N–H and O–H groups in total. The van der Waals surface area contributed by atoms with Crippen molar-refractivity contribution in [1.29, 1.82) is 0 Å². The minimum Gasteiger partial charge on any atom is -0.493 e. The number of carbonyl (C=O) groups is 2. The highest BCUT2D eigenvalue weighted by atomic mass is 16.5. The number of para-hydroxylation sites is 1. The first-order valence-corrected chi connectivity index (χ1v) is 8.13. The van der Waals surface area contributed by atoms with Crippen LogP contribution >= 0.6 is 0 Å². The number of rotatable bonds is 3. The van der Waals surface area contributed by atoms with Gasteiger partial charge in [0, 0.05) is 35.6 Å². The number of nitrogens with one attached hydrogen (secondary N) is 1. The third kappa shape index (κ3) is 2.79. The predicted molar refractivity (Wildman–Crippen MR) is 90.1 cm³/mol. The van der Waals surface area contributed by atoms with Gasteiger partial charge in [0.1, 0.15) is 0 Å². The number of hydrogen-bond donors (Lipinski definition) is 1. The largest absolute Gasteiger partial charge is 0.493 e. The summed E-state index contributed by atoms with van der Waals surface area (Å²) >= 11 is 0. The highest BCUT2D eigenvalue weighted by molar-refractivity contribution is 6.02. The van der Waals surface area contributed by atoms with E-state index in [1.807, 2.05) is 18.2 Å². The quantitative estimate of drug-likeness (QED) is 0.926. The monoisotopic (exact) mass is 329 g/mol. The van der Waals surface area contributed by atoms with Crippen LogP contribution in [0.1, 0.15) is 44.6 Å². The molecule has 1 aromatic carbocycles. The van der Waals surface area contributed by atoms with Gasteiger partial charge in [0.25, 0.3) is 0 Å². The lowest BCUT2D eigenvalue weighted by Gasteiger charge is -2.38. The second-order valence-corrected chi connectivity index (χ2v) is 7.22. The lowest BCUT2D eigenvalue weighted by Crippen LogP contribution is -2.40. The molecule has 5 nitrogen and oxygen atoms in total. The van der Waals surface area contributed by atoms with Crippen LogP contribution in [0.25, 0.3) is 0 Å². The molecule has 24 heavy (non-hydrogen) atoms. The summed E-state index contributed by atoms with van der Waals surface area (Å²) in [6.07, 6.45) is 1.43. The first-order chi connectivity index (χ1) is 11.4. The van der Waals surface area contributed by atoms with Gasteiger partial charge in [-0.2, -0.15) is 0 Å². The van der Waals surface area contributed by atoms with Crippen LogP contribution in [0.3, 0.4) is 0 Å². The molecule has 0 aromatic heterocycles. The van der Waals surface area contributed by atoms with Crippen LogP contribution < -0.4 is 14.8 Å². The van der Waals surface area contributed by atoms with Gasteiger partial charge in [-0.05, 0) is 17.9 Å². The van der Waals surface area contributed by atoms with Crippen molar-refractivity contribution in [3.8, 4) is 11.5 Å². The number of ether oxygens (including phenoxy) is 2. The molecule has 0 radical (unpaired) electrons. The highest BCUT2D eigenvalue weighted by Crippen LogP contribution is 2.47. The zero-order chi connectivity index (χ0) is 17.5. The van der Waals surface area contributed by atoms with E-state index in [1.165, 1.54) is 0 Å². The molecule has 1 aromatic rings. The minimum absolute atomic E-state index is 0.0610. The van der Waals surface area contributed by atoms with Crippen molar-refractivity contribution in [2.24, 2.45) is 5.41 Å². The lowest BCUT2D eigenvalue weighted by atomic mass is 9.70. The Morgan fingerprint density at radius 2 is 1.88 bits per heavy atom. The smallest absolute Gasteiger partial charge is 0.225 e. The SMILES string of the molecule is COc1cccc(C2CC(=O)NC3=C2C(=O)CC(C)(C)C3)c1OC. The number of benzene rings is 1. The van der Waals surface area contributed by atoms with Crippen LogP contribution in [0.4, 0.5) is 0 Å². The molecule has 1 aliphatic heterocycles. The van der Waals surface area contributed by atoms with Gasteiger partial charge in [-0.15, -0.1) is 0 Å². The highest BCUT2D eigenvalue weighted by Gasteiger charge is 2.41. The number of hydrogen-bond acceptors (Lipinski definition) is 4. The summed E-state index contributed by atoms with van der Waals surface area (Å²) in [5.41, 5.74) is 2.18. The number of amides is 1. The van der Waals surface area contributed by atoms with Crippen molar-refractivity contribution in [1.82, 2.24) is 5.32 Å². The van der Waals surface area contributed by atoms with Crippen LogP contribution in [0, 0.1) is 5.41 Å². The van der Waals surface area contributed by atoms with Crippen LogP contribution in [-0.4, -0.2) is 25.9 Å². The number of methoxy groups -OCH3 is 2. The minimum atomic E-state index is -0.289. The Bertz CT molecular complexity index is 733. The molecular weight excluding hydrogens is 306 g/mol. The molecule has 0 fully saturated rings. The van der Waals surface area contributed by atoms with E-state index in [9.17, 15) is 9.59 Å². The molecule has 1 aliphatic carbocycles. The molecule has 1 amide bonds. The first-order valence-electron chi connectivity index (χ1n) is 8.13. The maximum Gasteiger partial charge on any atom is 0.225 e. The van der Waals surface area contributed by atoms with E-state index in [0.717, 1.165) is 16.8 Å². The van der Waals surface area contributed by atoms with Gasteiger partial charge in [0.05, 0.1) is 14.2 Å². The van der Waals surface area contributed by atoms with Crippen molar-refractivity contribution in [3.05, 3.63) is 35.0 Å². The van der Waals surface area contributed by atoms with Crippen molar-refractivity contribution in [2.75, 3.05) is 14.2 Å². The van der Waals surface area contributed by atoms with E-state index in [4.69, 9.17) is 9.47 Å². The average molecular weight is 329 g/mol. The summed E-state index contributed by atoms with van der Waals surface area (Å²) in [5, 5.41) is 2.92. The van der Waals surface area contributed by atoms with Crippen molar-refractivity contribution in [2.45, 2.75) is 39.0 Å².